The molecule has 0 atom stereocenters. The lowest BCUT2D eigenvalue weighted by Crippen LogP contribution is -2.34. The van der Waals surface area contributed by atoms with Crippen LogP contribution in [0.5, 0.6) is 0 Å². The van der Waals surface area contributed by atoms with Gasteiger partial charge in [-0.25, -0.2) is 4.39 Å². The lowest BCUT2D eigenvalue weighted by atomic mass is 10.2. The summed E-state index contributed by atoms with van der Waals surface area (Å²) in [5.74, 6) is -1.37. The molecular formula is C16H13Cl2FN2O2. The summed E-state index contributed by atoms with van der Waals surface area (Å²) in [7, 11) is 1.46. The van der Waals surface area contributed by atoms with Crippen LogP contribution in [0.4, 0.5) is 10.1 Å². The Hall–Kier alpha value is -2.11. The zero-order valence-electron chi connectivity index (χ0n) is 12.1. The zero-order valence-corrected chi connectivity index (χ0v) is 13.7. The van der Waals surface area contributed by atoms with Crippen LogP contribution in [0.1, 0.15) is 10.4 Å². The summed E-state index contributed by atoms with van der Waals surface area (Å²) >= 11 is 11.7. The monoisotopic (exact) mass is 354 g/mol. The smallest absolute Gasteiger partial charge is 0.254 e. The highest BCUT2D eigenvalue weighted by Crippen LogP contribution is 2.24. The third kappa shape index (κ3) is 4.68. The maximum atomic E-state index is 13.1. The summed E-state index contributed by atoms with van der Waals surface area (Å²) < 4.78 is 13.1. The second-order valence-electron chi connectivity index (χ2n) is 4.85. The summed E-state index contributed by atoms with van der Waals surface area (Å²) in [6.07, 6.45) is 0. The van der Waals surface area contributed by atoms with Gasteiger partial charge in [0.1, 0.15) is 5.82 Å². The van der Waals surface area contributed by atoms with Crippen LogP contribution in [0.15, 0.2) is 42.5 Å². The molecule has 0 fully saturated rings. The Morgan fingerprint density at radius 1 is 1.13 bits per heavy atom. The Bertz CT molecular complexity index is 753. The zero-order chi connectivity index (χ0) is 17.0. The van der Waals surface area contributed by atoms with Crippen molar-refractivity contribution < 1.29 is 14.0 Å². The second kappa shape index (κ2) is 7.44. The number of hydrogen-bond acceptors (Lipinski definition) is 2. The van der Waals surface area contributed by atoms with E-state index in [-0.39, 0.29) is 12.1 Å². The van der Waals surface area contributed by atoms with Crippen molar-refractivity contribution in [1.29, 1.82) is 0 Å². The third-order valence-corrected chi connectivity index (χ3v) is 3.74. The number of nitrogens with zero attached hydrogens (tertiary/aromatic N) is 1. The minimum atomic E-state index is -0.510. The van der Waals surface area contributed by atoms with Gasteiger partial charge in [0, 0.05) is 18.3 Å². The number of halogens is 3. The highest BCUT2D eigenvalue weighted by molar-refractivity contribution is 6.42. The van der Waals surface area contributed by atoms with Crippen molar-refractivity contribution in [2.24, 2.45) is 0 Å². The van der Waals surface area contributed by atoms with E-state index in [9.17, 15) is 14.0 Å². The lowest BCUT2D eigenvalue weighted by molar-refractivity contribution is -0.116. The van der Waals surface area contributed by atoms with E-state index in [4.69, 9.17) is 23.2 Å². The molecule has 0 aliphatic heterocycles. The van der Waals surface area contributed by atoms with Crippen molar-refractivity contribution >= 4 is 40.7 Å². The molecule has 0 bridgehead atoms. The minimum Gasteiger partial charge on any atom is -0.332 e. The number of carbonyl (C=O) groups excluding carboxylic acids is 2. The summed E-state index contributed by atoms with van der Waals surface area (Å²) in [4.78, 5) is 25.3. The normalized spacial score (nSPS) is 10.3. The number of nitrogens with one attached hydrogen (secondary N) is 1. The van der Waals surface area contributed by atoms with E-state index in [0.29, 0.717) is 15.7 Å². The first-order valence-corrected chi connectivity index (χ1v) is 7.38. The molecule has 2 aromatic rings. The maximum absolute atomic E-state index is 13.1. The molecule has 7 heteroatoms. The van der Waals surface area contributed by atoms with E-state index >= 15 is 0 Å². The van der Waals surface area contributed by atoms with E-state index < -0.39 is 17.6 Å². The minimum absolute atomic E-state index is 0.176. The molecule has 4 nitrogen and oxygen atoms in total. The van der Waals surface area contributed by atoms with E-state index in [1.807, 2.05) is 0 Å². The molecule has 0 spiro atoms. The number of likely N-dealkylation sites (N-methyl/N-ethyl adjacent to an activating group) is 1. The van der Waals surface area contributed by atoms with Gasteiger partial charge in [-0.1, -0.05) is 29.3 Å². The Morgan fingerprint density at radius 2 is 1.87 bits per heavy atom. The van der Waals surface area contributed by atoms with Crippen LogP contribution < -0.4 is 5.32 Å². The van der Waals surface area contributed by atoms with Crippen molar-refractivity contribution in [3.05, 3.63) is 63.9 Å². The summed E-state index contributed by atoms with van der Waals surface area (Å²) in [6, 6.07) is 9.95. The number of benzene rings is 2. The largest absolute Gasteiger partial charge is 0.332 e. The molecule has 0 aliphatic rings. The molecule has 0 saturated heterocycles. The summed E-state index contributed by atoms with van der Waals surface area (Å²) in [6.45, 7) is -0.185. The van der Waals surface area contributed by atoms with Gasteiger partial charge in [0.2, 0.25) is 5.91 Å². The number of carbonyl (C=O) groups is 2. The SMILES string of the molecule is CN(CC(=O)Nc1ccc(Cl)c(Cl)c1)C(=O)c1cccc(F)c1. The molecule has 0 radical (unpaired) electrons. The van der Waals surface area contributed by atoms with Crippen LogP contribution in [0.2, 0.25) is 10.0 Å². The Balaban J connectivity index is 1.99. The molecule has 2 aromatic carbocycles. The molecule has 2 rings (SSSR count). The van der Waals surface area contributed by atoms with Crippen molar-refractivity contribution in [3.8, 4) is 0 Å². The number of amides is 2. The highest BCUT2D eigenvalue weighted by Gasteiger charge is 2.15. The van der Waals surface area contributed by atoms with Gasteiger partial charge in [-0.15, -0.1) is 0 Å². The molecule has 120 valence electrons. The summed E-state index contributed by atoms with van der Waals surface area (Å²) in [5, 5.41) is 3.30. The lowest BCUT2D eigenvalue weighted by Gasteiger charge is -2.17. The van der Waals surface area contributed by atoms with Gasteiger partial charge in [0.25, 0.3) is 5.91 Å². The molecule has 0 saturated carbocycles. The average Bonchev–Trinajstić information content (AvgIpc) is 2.50. The number of rotatable bonds is 4. The maximum Gasteiger partial charge on any atom is 0.254 e. The van der Waals surface area contributed by atoms with Crippen LogP contribution in [-0.2, 0) is 4.79 Å². The number of hydrogen-bond donors (Lipinski definition) is 1. The van der Waals surface area contributed by atoms with Crippen LogP contribution in [0, 0.1) is 5.82 Å². The van der Waals surface area contributed by atoms with Crippen molar-refractivity contribution in [1.82, 2.24) is 4.90 Å². The Morgan fingerprint density at radius 3 is 2.52 bits per heavy atom. The van der Waals surface area contributed by atoms with Gasteiger partial charge in [-0.3, -0.25) is 9.59 Å². The highest BCUT2D eigenvalue weighted by atomic mass is 35.5. The first kappa shape index (κ1) is 17.2. The van der Waals surface area contributed by atoms with E-state index in [2.05, 4.69) is 5.32 Å². The fourth-order valence-electron chi connectivity index (χ4n) is 1.90. The molecule has 0 aromatic heterocycles. The molecular weight excluding hydrogens is 342 g/mol. The van der Waals surface area contributed by atoms with Crippen LogP contribution in [0.3, 0.4) is 0 Å². The van der Waals surface area contributed by atoms with Crippen LogP contribution in [-0.4, -0.2) is 30.3 Å². The van der Waals surface area contributed by atoms with Gasteiger partial charge in [0.05, 0.1) is 16.6 Å². The topological polar surface area (TPSA) is 49.4 Å². The Labute approximate surface area is 142 Å². The third-order valence-electron chi connectivity index (χ3n) is 3.00. The molecule has 0 aliphatic carbocycles. The van der Waals surface area contributed by atoms with Gasteiger partial charge in [0.15, 0.2) is 0 Å². The average molecular weight is 355 g/mol. The first-order chi connectivity index (χ1) is 10.9. The summed E-state index contributed by atoms with van der Waals surface area (Å²) in [5.41, 5.74) is 0.644. The van der Waals surface area contributed by atoms with Crippen LogP contribution in [0.25, 0.3) is 0 Å². The molecule has 23 heavy (non-hydrogen) atoms. The van der Waals surface area contributed by atoms with Crippen molar-refractivity contribution in [3.63, 3.8) is 0 Å². The van der Waals surface area contributed by atoms with Gasteiger partial charge in [-0.05, 0) is 36.4 Å². The van der Waals surface area contributed by atoms with Gasteiger partial charge >= 0.3 is 0 Å². The second-order valence-corrected chi connectivity index (χ2v) is 5.66. The Kier molecular flexibility index (Phi) is 5.58. The van der Waals surface area contributed by atoms with Crippen molar-refractivity contribution in [2.45, 2.75) is 0 Å². The molecule has 0 unspecified atom stereocenters. The van der Waals surface area contributed by atoms with Crippen LogP contribution >= 0.6 is 23.2 Å². The van der Waals surface area contributed by atoms with E-state index in [0.717, 1.165) is 6.07 Å². The standard InChI is InChI=1S/C16H13Cl2FN2O2/c1-21(16(23)10-3-2-4-11(19)7-10)9-15(22)20-12-5-6-13(17)14(18)8-12/h2-8H,9H2,1H3,(H,20,22). The predicted octanol–water partition coefficient (Wildman–Crippen LogP) is 3.84. The predicted molar refractivity (Wildman–Crippen MR) is 88.5 cm³/mol. The molecule has 2 amide bonds. The van der Waals surface area contributed by atoms with Gasteiger partial charge in [-0.2, -0.15) is 0 Å². The molecule has 1 N–H and O–H groups in total. The van der Waals surface area contributed by atoms with E-state index in [1.54, 1.807) is 12.1 Å². The fourth-order valence-corrected chi connectivity index (χ4v) is 2.20. The van der Waals surface area contributed by atoms with E-state index in [1.165, 1.54) is 36.2 Å². The fraction of sp³-hybridized carbons (Fsp3) is 0.125. The van der Waals surface area contributed by atoms with Crippen molar-refractivity contribution in [2.75, 3.05) is 18.9 Å². The first-order valence-electron chi connectivity index (χ1n) is 6.63. The van der Waals surface area contributed by atoms with Gasteiger partial charge < -0.3 is 10.2 Å². The molecule has 0 heterocycles. The number of anilines is 1. The quantitative estimate of drug-likeness (QED) is 0.906.